The Hall–Kier alpha value is -0.380. The lowest BCUT2D eigenvalue weighted by atomic mass is 9.93. The molecule has 3 rings (SSSR count). The quantitative estimate of drug-likeness (QED) is 0.895. The molecule has 2 heterocycles. The van der Waals surface area contributed by atoms with Crippen LogP contribution in [0.1, 0.15) is 23.6 Å². The van der Waals surface area contributed by atoms with Crippen molar-refractivity contribution in [2.45, 2.75) is 18.9 Å². The molecule has 1 N–H and O–H groups in total. The highest BCUT2D eigenvalue weighted by atomic mass is 79.9. The third-order valence-electron chi connectivity index (χ3n) is 3.67. The fraction of sp³-hybridized carbons (Fsp3) is 0.538. The highest BCUT2D eigenvalue weighted by Gasteiger charge is 2.25. The van der Waals surface area contributed by atoms with Gasteiger partial charge in [0, 0.05) is 17.1 Å². The monoisotopic (exact) mass is 280 g/mol. The van der Waals surface area contributed by atoms with E-state index in [1.807, 2.05) is 0 Å². The van der Waals surface area contributed by atoms with Gasteiger partial charge in [0.2, 0.25) is 0 Å². The summed E-state index contributed by atoms with van der Waals surface area (Å²) >= 11 is 3.69. The van der Waals surface area contributed by atoms with Gasteiger partial charge in [0.15, 0.2) is 0 Å². The summed E-state index contributed by atoms with van der Waals surface area (Å²) in [5, 5.41) is 3.64. The Kier molecular flexibility index (Phi) is 3.01. The highest BCUT2D eigenvalue weighted by molar-refractivity contribution is 9.10. The molecule has 16 heavy (non-hydrogen) atoms. The molecule has 2 aliphatic rings. The van der Waals surface area contributed by atoms with E-state index in [1.165, 1.54) is 35.1 Å². The predicted molar refractivity (Wildman–Crippen MR) is 69.6 cm³/mol. The Morgan fingerprint density at radius 1 is 1.38 bits per heavy atom. The number of nitrogens with one attached hydrogen (secondary N) is 1. The van der Waals surface area contributed by atoms with Gasteiger partial charge < -0.3 is 10.2 Å². The lowest BCUT2D eigenvalue weighted by molar-refractivity contribution is 0.159. The predicted octanol–water partition coefficient (Wildman–Crippen LogP) is 2.34. The van der Waals surface area contributed by atoms with Gasteiger partial charge in [0.25, 0.3) is 0 Å². The normalized spacial score (nSPS) is 24.9. The summed E-state index contributed by atoms with van der Waals surface area (Å²) in [4.78, 5) is 2.53. The molecule has 86 valence electrons. The largest absolute Gasteiger partial charge is 0.308 e. The number of nitrogens with zero attached hydrogens (tertiary/aromatic N) is 1. The number of hydrogen-bond acceptors (Lipinski definition) is 2. The van der Waals surface area contributed by atoms with Crippen molar-refractivity contribution < 1.29 is 0 Å². The summed E-state index contributed by atoms with van der Waals surface area (Å²) in [5.41, 5.74) is 3.00. The summed E-state index contributed by atoms with van der Waals surface area (Å²) in [6.07, 6.45) is 2.53. The molecule has 0 aromatic heterocycles. The zero-order chi connectivity index (χ0) is 11.0. The molecule has 0 radical (unpaired) electrons. The van der Waals surface area contributed by atoms with Crippen molar-refractivity contribution in [2.24, 2.45) is 0 Å². The van der Waals surface area contributed by atoms with Crippen LogP contribution in [0.5, 0.6) is 0 Å². The first-order chi connectivity index (χ1) is 7.84. The minimum Gasteiger partial charge on any atom is -0.308 e. The van der Waals surface area contributed by atoms with Gasteiger partial charge in [0.05, 0.1) is 0 Å². The number of halogens is 1. The highest BCUT2D eigenvalue weighted by Crippen LogP contribution is 2.31. The van der Waals surface area contributed by atoms with Crippen molar-refractivity contribution in [1.82, 2.24) is 10.2 Å². The first-order valence-electron chi connectivity index (χ1n) is 6.07. The van der Waals surface area contributed by atoms with Gasteiger partial charge in [-0.1, -0.05) is 28.1 Å². The average Bonchev–Trinajstić information content (AvgIpc) is 2.24. The fourth-order valence-corrected chi connectivity index (χ4v) is 3.33. The third kappa shape index (κ3) is 1.92. The topological polar surface area (TPSA) is 15.3 Å². The number of benzene rings is 1. The zero-order valence-electron chi connectivity index (χ0n) is 9.38. The van der Waals surface area contributed by atoms with Gasteiger partial charge in [-0.15, -0.1) is 0 Å². The van der Waals surface area contributed by atoms with Gasteiger partial charge in [0.1, 0.15) is 0 Å². The van der Waals surface area contributed by atoms with E-state index in [0.29, 0.717) is 6.04 Å². The summed E-state index contributed by atoms with van der Waals surface area (Å²) in [7, 11) is 0. The molecule has 2 aliphatic heterocycles. The third-order valence-corrected chi connectivity index (χ3v) is 4.36. The first kappa shape index (κ1) is 10.8. The maximum Gasteiger partial charge on any atom is 0.0463 e. The van der Waals surface area contributed by atoms with Gasteiger partial charge in [-0.3, -0.25) is 0 Å². The number of fused-ring (bicyclic) bond motifs is 1. The molecule has 0 aliphatic carbocycles. The first-order valence-corrected chi connectivity index (χ1v) is 6.87. The van der Waals surface area contributed by atoms with Gasteiger partial charge >= 0.3 is 0 Å². The minimum absolute atomic E-state index is 0.514. The van der Waals surface area contributed by atoms with E-state index in [0.717, 1.165) is 19.5 Å². The Balaban J connectivity index is 1.86. The second-order valence-electron chi connectivity index (χ2n) is 4.72. The van der Waals surface area contributed by atoms with E-state index in [9.17, 15) is 0 Å². The Morgan fingerprint density at radius 3 is 3.00 bits per heavy atom. The number of hydrogen-bond donors (Lipinski definition) is 1. The Bertz CT molecular complexity index is 388. The number of rotatable bonds is 2. The second kappa shape index (κ2) is 4.47. The Labute approximate surface area is 105 Å². The molecule has 1 atom stereocenters. The molecule has 3 heteroatoms. The standard InChI is InChI=1S/C13H17BrN2/c14-11-4-1-3-10-5-6-15-12(13(10)11)9-16-7-2-8-16/h1,3-4,12,15H,2,5-9H2. The second-order valence-corrected chi connectivity index (χ2v) is 5.58. The van der Waals surface area contributed by atoms with Crippen molar-refractivity contribution in [2.75, 3.05) is 26.2 Å². The minimum atomic E-state index is 0.514. The summed E-state index contributed by atoms with van der Waals surface area (Å²) in [5.74, 6) is 0. The molecule has 0 bridgehead atoms. The maximum absolute atomic E-state index is 3.69. The van der Waals surface area contributed by atoms with Crippen LogP contribution in [0, 0.1) is 0 Å². The van der Waals surface area contributed by atoms with Crippen molar-refractivity contribution in [1.29, 1.82) is 0 Å². The van der Waals surface area contributed by atoms with Gasteiger partial charge in [-0.25, -0.2) is 0 Å². The van der Waals surface area contributed by atoms with E-state index in [-0.39, 0.29) is 0 Å². The molecule has 2 nitrogen and oxygen atoms in total. The smallest absolute Gasteiger partial charge is 0.0463 e. The molecule has 0 amide bonds. The molecular weight excluding hydrogens is 264 g/mol. The van der Waals surface area contributed by atoms with Crippen molar-refractivity contribution in [3.63, 3.8) is 0 Å². The van der Waals surface area contributed by atoms with Crippen LogP contribution >= 0.6 is 15.9 Å². The SMILES string of the molecule is Brc1cccc2c1C(CN1CCC1)NCC2. The van der Waals surface area contributed by atoms with Crippen LogP contribution < -0.4 is 5.32 Å². The van der Waals surface area contributed by atoms with Crippen molar-refractivity contribution in [3.05, 3.63) is 33.8 Å². The van der Waals surface area contributed by atoms with Crippen LogP contribution in [0.25, 0.3) is 0 Å². The summed E-state index contributed by atoms with van der Waals surface area (Å²) < 4.78 is 1.27. The van der Waals surface area contributed by atoms with E-state index in [2.05, 4.69) is 44.3 Å². The molecule has 0 saturated carbocycles. The fourth-order valence-electron chi connectivity index (χ4n) is 2.65. The van der Waals surface area contributed by atoms with Crippen LogP contribution in [-0.4, -0.2) is 31.1 Å². The molecule has 1 fully saturated rings. The van der Waals surface area contributed by atoms with Crippen LogP contribution in [0.15, 0.2) is 22.7 Å². The van der Waals surface area contributed by atoms with Crippen LogP contribution in [0.4, 0.5) is 0 Å². The van der Waals surface area contributed by atoms with E-state index in [4.69, 9.17) is 0 Å². The van der Waals surface area contributed by atoms with Crippen molar-refractivity contribution in [3.8, 4) is 0 Å². The van der Waals surface area contributed by atoms with E-state index < -0.39 is 0 Å². The Morgan fingerprint density at radius 2 is 2.25 bits per heavy atom. The lowest BCUT2D eigenvalue weighted by Gasteiger charge is -2.37. The summed E-state index contributed by atoms with van der Waals surface area (Å²) in [6, 6.07) is 7.09. The molecule has 1 aromatic carbocycles. The molecule has 1 unspecified atom stereocenters. The molecule has 0 spiro atoms. The lowest BCUT2D eigenvalue weighted by Crippen LogP contribution is -2.45. The summed E-state index contributed by atoms with van der Waals surface area (Å²) in [6.45, 7) is 4.83. The average molecular weight is 281 g/mol. The molecule has 1 saturated heterocycles. The molecular formula is C13H17BrN2. The van der Waals surface area contributed by atoms with Gasteiger partial charge in [-0.2, -0.15) is 0 Å². The van der Waals surface area contributed by atoms with Crippen LogP contribution in [0.2, 0.25) is 0 Å². The van der Waals surface area contributed by atoms with E-state index in [1.54, 1.807) is 0 Å². The van der Waals surface area contributed by atoms with Gasteiger partial charge in [-0.05, 0) is 49.7 Å². The van der Waals surface area contributed by atoms with E-state index >= 15 is 0 Å². The molecule has 1 aromatic rings. The maximum atomic E-state index is 3.69. The van der Waals surface area contributed by atoms with Crippen molar-refractivity contribution >= 4 is 15.9 Å². The van der Waals surface area contributed by atoms with Crippen LogP contribution in [-0.2, 0) is 6.42 Å². The van der Waals surface area contributed by atoms with Crippen LogP contribution in [0.3, 0.4) is 0 Å². The number of likely N-dealkylation sites (tertiary alicyclic amines) is 1. The zero-order valence-corrected chi connectivity index (χ0v) is 11.0.